The summed E-state index contributed by atoms with van der Waals surface area (Å²) in [5.41, 5.74) is 0. The van der Waals surface area contributed by atoms with Crippen molar-refractivity contribution in [2.24, 2.45) is 0 Å². The molecule has 0 saturated carbocycles. The highest BCUT2D eigenvalue weighted by Gasteiger charge is 2.30. The molecule has 1 aromatic rings. The number of halogens is 3. The maximum Gasteiger partial charge on any atom is 0.257 e. The molecule has 0 amide bonds. The van der Waals surface area contributed by atoms with E-state index in [0.717, 1.165) is 30.0 Å². The van der Waals surface area contributed by atoms with Gasteiger partial charge in [0.25, 0.3) is 6.43 Å². The van der Waals surface area contributed by atoms with Crippen molar-refractivity contribution in [3.8, 4) is 0 Å². The molecule has 2 rings (SSSR count). The van der Waals surface area contributed by atoms with E-state index in [1.54, 1.807) is 0 Å². The molecule has 1 saturated heterocycles. The van der Waals surface area contributed by atoms with Gasteiger partial charge in [0.2, 0.25) is 10.0 Å². The van der Waals surface area contributed by atoms with Gasteiger partial charge in [-0.05, 0) is 13.0 Å². The number of likely N-dealkylation sites (N-methyl/N-ethyl adjacent to an activating group) is 1. The van der Waals surface area contributed by atoms with Crippen LogP contribution >= 0.6 is 12.4 Å². The zero-order valence-electron chi connectivity index (χ0n) is 10.9. The molecule has 0 radical (unpaired) electrons. The largest absolute Gasteiger partial charge is 0.315 e. The summed E-state index contributed by atoms with van der Waals surface area (Å²) < 4.78 is 51.2. The van der Waals surface area contributed by atoms with Crippen LogP contribution in [0.5, 0.6) is 0 Å². The van der Waals surface area contributed by atoms with Crippen molar-refractivity contribution >= 4 is 22.4 Å². The molecule has 116 valence electrons. The van der Waals surface area contributed by atoms with E-state index in [1.807, 2.05) is 0 Å². The van der Waals surface area contributed by atoms with Gasteiger partial charge in [-0.2, -0.15) is 9.40 Å². The SMILES string of the molecule is CN(C1CCNC1)S(=O)(=O)c1cnn(CC(F)F)c1.Cl. The second-order valence-electron chi connectivity index (χ2n) is 4.46. The Morgan fingerprint density at radius 2 is 2.30 bits per heavy atom. The molecule has 10 heteroatoms. The Bertz CT molecular complexity index is 531. The first-order chi connectivity index (χ1) is 8.91. The number of hydrogen-bond acceptors (Lipinski definition) is 4. The van der Waals surface area contributed by atoms with E-state index in [1.165, 1.54) is 11.4 Å². The first kappa shape index (κ1) is 17.3. The fraction of sp³-hybridized carbons (Fsp3) is 0.700. The predicted molar refractivity (Wildman–Crippen MR) is 71.7 cm³/mol. The first-order valence-corrected chi connectivity index (χ1v) is 7.34. The molecule has 6 nitrogen and oxygen atoms in total. The van der Waals surface area contributed by atoms with Crippen LogP contribution in [0, 0.1) is 0 Å². The lowest BCUT2D eigenvalue weighted by molar-refractivity contribution is 0.121. The number of alkyl halides is 2. The molecule has 0 bridgehead atoms. The molecular formula is C10H17ClF2N4O2S. The third kappa shape index (κ3) is 3.66. The van der Waals surface area contributed by atoms with Crippen LogP contribution in [-0.2, 0) is 16.6 Å². The summed E-state index contributed by atoms with van der Waals surface area (Å²) in [5, 5.41) is 6.73. The maximum atomic E-state index is 12.3. The van der Waals surface area contributed by atoms with Crippen molar-refractivity contribution in [1.29, 1.82) is 0 Å². The van der Waals surface area contributed by atoms with Crippen molar-refractivity contribution < 1.29 is 17.2 Å². The molecule has 1 N–H and O–H groups in total. The third-order valence-corrected chi connectivity index (χ3v) is 5.02. The molecule has 1 atom stereocenters. The van der Waals surface area contributed by atoms with E-state index in [-0.39, 0.29) is 23.3 Å². The van der Waals surface area contributed by atoms with Crippen LogP contribution in [0.25, 0.3) is 0 Å². The van der Waals surface area contributed by atoms with E-state index >= 15 is 0 Å². The van der Waals surface area contributed by atoms with Crippen LogP contribution < -0.4 is 5.32 Å². The lowest BCUT2D eigenvalue weighted by Crippen LogP contribution is -2.38. The molecule has 1 aromatic heterocycles. The second-order valence-corrected chi connectivity index (χ2v) is 6.45. The van der Waals surface area contributed by atoms with Crippen LogP contribution in [-0.4, -0.2) is 55.1 Å². The van der Waals surface area contributed by atoms with Crippen LogP contribution in [0.15, 0.2) is 17.3 Å². The fourth-order valence-electron chi connectivity index (χ4n) is 2.03. The normalized spacial score (nSPS) is 19.6. The van der Waals surface area contributed by atoms with Crippen molar-refractivity contribution in [2.75, 3.05) is 20.1 Å². The van der Waals surface area contributed by atoms with Gasteiger partial charge in [-0.25, -0.2) is 17.2 Å². The second kappa shape index (κ2) is 6.79. The summed E-state index contributed by atoms with van der Waals surface area (Å²) >= 11 is 0. The molecule has 1 fully saturated rings. The monoisotopic (exact) mass is 330 g/mol. The summed E-state index contributed by atoms with van der Waals surface area (Å²) in [7, 11) is -2.17. The van der Waals surface area contributed by atoms with Crippen LogP contribution in [0.3, 0.4) is 0 Å². The van der Waals surface area contributed by atoms with Crippen molar-refractivity contribution in [3.05, 3.63) is 12.4 Å². The Morgan fingerprint density at radius 1 is 1.60 bits per heavy atom. The highest BCUT2D eigenvalue weighted by atomic mass is 35.5. The summed E-state index contributed by atoms with van der Waals surface area (Å²) in [6, 6.07) is -0.108. The van der Waals surface area contributed by atoms with Gasteiger partial charge < -0.3 is 5.32 Å². The minimum Gasteiger partial charge on any atom is -0.315 e. The van der Waals surface area contributed by atoms with E-state index in [9.17, 15) is 17.2 Å². The van der Waals surface area contributed by atoms with Gasteiger partial charge in [0.15, 0.2) is 0 Å². The van der Waals surface area contributed by atoms with Crippen LogP contribution in [0.2, 0.25) is 0 Å². The third-order valence-electron chi connectivity index (χ3n) is 3.16. The maximum absolute atomic E-state index is 12.3. The van der Waals surface area contributed by atoms with Crippen molar-refractivity contribution in [3.63, 3.8) is 0 Å². The van der Waals surface area contributed by atoms with Gasteiger partial charge in [-0.15, -0.1) is 12.4 Å². The molecule has 2 heterocycles. The number of rotatable bonds is 5. The highest BCUT2D eigenvalue weighted by Crippen LogP contribution is 2.18. The molecular weight excluding hydrogens is 314 g/mol. The molecule has 0 aromatic carbocycles. The van der Waals surface area contributed by atoms with E-state index in [0.29, 0.717) is 6.54 Å². The Morgan fingerprint density at radius 3 is 2.85 bits per heavy atom. The number of hydrogen-bond donors (Lipinski definition) is 1. The summed E-state index contributed by atoms with van der Waals surface area (Å²) in [5.74, 6) is 0. The average Bonchev–Trinajstić information content (AvgIpc) is 2.96. The molecule has 1 unspecified atom stereocenters. The van der Waals surface area contributed by atoms with Crippen LogP contribution in [0.1, 0.15) is 6.42 Å². The van der Waals surface area contributed by atoms with E-state index in [2.05, 4.69) is 10.4 Å². The quantitative estimate of drug-likeness (QED) is 0.856. The smallest absolute Gasteiger partial charge is 0.257 e. The van der Waals surface area contributed by atoms with Gasteiger partial charge >= 0.3 is 0 Å². The summed E-state index contributed by atoms with van der Waals surface area (Å²) in [6.07, 6.45) is 0.421. The average molecular weight is 331 g/mol. The standard InChI is InChI=1S/C10H16F2N4O2S.ClH/c1-15(8-2-3-13-4-8)19(17,18)9-5-14-16(6-9)7-10(11)12;/h5-6,8,10,13H,2-4,7H2,1H3;1H. The van der Waals surface area contributed by atoms with Crippen LogP contribution in [0.4, 0.5) is 8.78 Å². The first-order valence-electron chi connectivity index (χ1n) is 5.90. The minimum atomic E-state index is -3.67. The summed E-state index contributed by atoms with van der Waals surface area (Å²) in [6.45, 7) is 0.764. The molecule has 1 aliphatic rings. The van der Waals surface area contributed by atoms with E-state index in [4.69, 9.17) is 0 Å². The molecule has 20 heavy (non-hydrogen) atoms. The predicted octanol–water partition coefficient (Wildman–Crippen LogP) is 0.552. The Kier molecular flexibility index (Phi) is 5.87. The Labute approximate surface area is 122 Å². The van der Waals surface area contributed by atoms with Gasteiger partial charge in [0, 0.05) is 25.8 Å². The fourth-order valence-corrected chi connectivity index (χ4v) is 3.37. The molecule has 0 spiro atoms. The van der Waals surface area contributed by atoms with Gasteiger partial charge in [-0.1, -0.05) is 0 Å². The number of sulfonamides is 1. The lowest BCUT2D eigenvalue weighted by atomic mass is 10.3. The number of aromatic nitrogens is 2. The molecule has 1 aliphatic heterocycles. The molecule has 0 aliphatic carbocycles. The van der Waals surface area contributed by atoms with Gasteiger partial charge in [-0.3, -0.25) is 4.68 Å². The number of nitrogens with zero attached hydrogens (tertiary/aromatic N) is 3. The van der Waals surface area contributed by atoms with Gasteiger partial charge in [0.05, 0.1) is 6.20 Å². The topological polar surface area (TPSA) is 67.2 Å². The zero-order valence-corrected chi connectivity index (χ0v) is 12.5. The van der Waals surface area contributed by atoms with Crippen molar-refractivity contribution in [1.82, 2.24) is 19.4 Å². The lowest BCUT2D eigenvalue weighted by Gasteiger charge is -2.22. The summed E-state index contributed by atoms with van der Waals surface area (Å²) in [4.78, 5) is -0.0532. The van der Waals surface area contributed by atoms with E-state index < -0.39 is 23.0 Å². The van der Waals surface area contributed by atoms with Crippen molar-refractivity contribution in [2.45, 2.75) is 30.3 Å². The van der Waals surface area contributed by atoms with Gasteiger partial charge in [0.1, 0.15) is 11.4 Å². The zero-order chi connectivity index (χ0) is 14.0. The Hall–Kier alpha value is -0.770. The Balaban J connectivity index is 0.00000200. The number of nitrogens with one attached hydrogen (secondary N) is 1. The minimum absolute atomic E-state index is 0. The highest BCUT2D eigenvalue weighted by molar-refractivity contribution is 7.89.